The van der Waals surface area contributed by atoms with Crippen LogP contribution in [-0.4, -0.2) is 43.4 Å². The van der Waals surface area contributed by atoms with Gasteiger partial charge in [-0.1, -0.05) is 0 Å². The molecule has 1 aromatic carbocycles. The van der Waals surface area contributed by atoms with Crippen molar-refractivity contribution in [2.75, 3.05) is 10.8 Å². The molecule has 0 radical (unpaired) electrons. The van der Waals surface area contributed by atoms with Gasteiger partial charge in [0.25, 0.3) is 10.1 Å². The Kier molecular flexibility index (Phi) is 4.77. The van der Waals surface area contributed by atoms with E-state index in [1.54, 1.807) is 0 Å². The lowest BCUT2D eigenvalue weighted by Crippen LogP contribution is -2.51. The van der Waals surface area contributed by atoms with Crippen LogP contribution in [0.4, 0.5) is 18.9 Å². The number of fused-ring (bicyclic) bond motifs is 5. The lowest BCUT2D eigenvalue weighted by molar-refractivity contribution is -0.138. The van der Waals surface area contributed by atoms with E-state index in [0.29, 0.717) is 11.0 Å². The predicted molar refractivity (Wildman–Crippen MR) is 101 cm³/mol. The Bertz CT molecular complexity index is 1180. The van der Waals surface area contributed by atoms with Crippen LogP contribution in [0.2, 0.25) is 0 Å². The molecule has 0 saturated carbocycles. The minimum atomic E-state index is -4.88. The molecule has 172 valence electrons. The first kappa shape index (κ1) is 22.7. The molecular formula is C19H18F3N3O6S. The van der Waals surface area contributed by atoms with Crippen LogP contribution in [-0.2, 0) is 34.8 Å². The third kappa shape index (κ3) is 3.05. The Morgan fingerprint density at radius 3 is 2.47 bits per heavy atom. The molecule has 3 fully saturated rings. The Balaban J connectivity index is 1.76. The fraction of sp³-hybridized carbons (Fsp3) is 0.526. The zero-order valence-electron chi connectivity index (χ0n) is 16.8. The summed E-state index contributed by atoms with van der Waals surface area (Å²) in [6.07, 6.45) is -6.01. The molecule has 0 aromatic heterocycles. The topological polar surface area (TPSA) is 140 Å². The fourth-order valence-electron chi connectivity index (χ4n) is 5.10. The van der Waals surface area contributed by atoms with E-state index in [-0.39, 0.29) is 12.1 Å². The van der Waals surface area contributed by atoms with Gasteiger partial charge in [-0.25, -0.2) is 4.90 Å². The van der Waals surface area contributed by atoms with Gasteiger partial charge in [0.15, 0.2) is 0 Å². The van der Waals surface area contributed by atoms with E-state index < -0.39 is 74.3 Å². The smallest absolute Gasteiger partial charge is 0.365 e. The average molecular weight is 473 g/mol. The maximum atomic E-state index is 13.4. The van der Waals surface area contributed by atoms with Gasteiger partial charge in [-0.15, -0.1) is 0 Å². The van der Waals surface area contributed by atoms with Gasteiger partial charge < -0.3 is 10.5 Å². The highest BCUT2D eigenvalue weighted by atomic mass is 32.2. The SMILES string of the molecule is CC12C[C@@H](OS(=O)(=O)CN)C(C)(O1)[C@H]1C(=O)N(c3ccc(C#N)c(C(F)(F)F)c3)C(=O)[C@H]12. The summed E-state index contributed by atoms with van der Waals surface area (Å²) in [6.45, 7) is 2.97. The van der Waals surface area contributed by atoms with Crippen LogP contribution >= 0.6 is 0 Å². The van der Waals surface area contributed by atoms with E-state index in [9.17, 15) is 31.2 Å². The minimum absolute atomic E-state index is 0.0298. The van der Waals surface area contributed by atoms with Gasteiger partial charge in [0.2, 0.25) is 11.8 Å². The first-order chi connectivity index (χ1) is 14.7. The number of imide groups is 1. The van der Waals surface area contributed by atoms with Gasteiger partial charge in [0.1, 0.15) is 17.6 Å². The maximum Gasteiger partial charge on any atom is 0.417 e. The fourth-order valence-corrected chi connectivity index (χ4v) is 5.79. The number of anilines is 1. The number of carbonyl (C=O) groups excluding carboxylic acids is 2. The zero-order valence-corrected chi connectivity index (χ0v) is 17.7. The summed E-state index contributed by atoms with van der Waals surface area (Å²) in [5.74, 6) is -4.59. The van der Waals surface area contributed by atoms with Crippen LogP contribution in [0.1, 0.15) is 31.4 Å². The molecule has 2 unspecified atom stereocenters. The van der Waals surface area contributed by atoms with Crippen molar-refractivity contribution in [3.8, 4) is 6.07 Å². The Labute approximate surface area is 181 Å². The van der Waals surface area contributed by atoms with Crippen LogP contribution < -0.4 is 10.6 Å². The molecule has 3 heterocycles. The summed E-state index contributed by atoms with van der Waals surface area (Å²) in [5, 5.41) is 8.98. The third-order valence-corrected chi connectivity index (χ3v) is 7.35. The summed E-state index contributed by atoms with van der Waals surface area (Å²) < 4.78 is 75.0. The van der Waals surface area contributed by atoms with Crippen LogP contribution in [0.3, 0.4) is 0 Å². The normalized spacial score (nSPS) is 34.2. The summed E-state index contributed by atoms with van der Waals surface area (Å²) in [6, 6.07) is 4.00. The molecule has 2 amide bonds. The molecule has 0 aliphatic carbocycles. The molecule has 1 aromatic rings. The molecule has 2 N–H and O–H groups in total. The monoisotopic (exact) mass is 473 g/mol. The minimum Gasteiger partial charge on any atom is -0.365 e. The molecule has 2 bridgehead atoms. The molecule has 5 atom stereocenters. The quantitative estimate of drug-likeness (QED) is 0.509. The standard InChI is InChI=1S/C19H18F3N3O6S/c1-17-6-12(30-32(28,29)8-24)18(2,31-17)14-13(17)15(26)25(16(14)27)10-4-3-9(7-23)11(5-10)19(20,21)22/h3-5,12-14H,6,8,24H2,1-2H3/t12-,13+,14-,17?,18?/m1/s1. The molecule has 3 aliphatic heterocycles. The molecule has 0 spiro atoms. The first-order valence-electron chi connectivity index (χ1n) is 9.49. The van der Waals surface area contributed by atoms with Crippen molar-refractivity contribution in [1.82, 2.24) is 0 Å². The summed E-state index contributed by atoms with van der Waals surface area (Å²) in [5.41, 5.74) is 0.148. The number of halogens is 3. The van der Waals surface area contributed by atoms with E-state index >= 15 is 0 Å². The summed E-state index contributed by atoms with van der Waals surface area (Å²) >= 11 is 0. The zero-order chi connectivity index (χ0) is 23.9. The number of ether oxygens (including phenoxy) is 1. The molecule has 32 heavy (non-hydrogen) atoms. The number of carbonyl (C=O) groups is 2. The maximum absolute atomic E-state index is 13.4. The number of hydrogen-bond donors (Lipinski definition) is 1. The number of nitrogens with two attached hydrogens (primary N) is 1. The Hall–Kier alpha value is -2.53. The second kappa shape index (κ2) is 6.74. The van der Waals surface area contributed by atoms with Crippen molar-refractivity contribution in [3.63, 3.8) is 0 Å². The van der Waals surface area contributed by atoms with Crippen molar-refractivity contribution < 1.29 is 40.1 Å². The van der Waals surface area contributed by atoms with Gasteiger partial charge in [-0.05, 0) is 32.0 Å². The van der Waals surface area contributed by atoms with Gasteiger partial charge in [0.05, 0.1) is 40.3 Å². The highest BCUT2D eigenvalue weighted by molar-refractivity contribution is 7.86. The number of nitriles is 1. The highest BCUT2D eigenvalue weighted by Gasteiger charge is 2.76. The second-order valence-corrected chi connectivity index (χ2v) is 10.1. The summed E-state index contributed by atoms with van der Waals surface area (Å²) in [4.78, 5) is 27.1. The second-order valence-electron chi connectivity index (χ2n) is 8.42. The van der Waals surface area contributed by atoms with Crippen molar-refractivity contribution in [2.24, 2.45) is 17.6 Å². The van der Waals surface area contributed by atoms with Crippen molar-refractivity contribution in [1.29, 1.82) is 5.26 Å². The number of hydrogen-bond acceptors (Lipinski definition) is 8. The Morgan fingerprint density at radius 1 is 1.28 bits per heavy atom. The molecule has 3 saturated heterocycles. The van der Waals surface area contributed by atoms with E-state index in [2.05, 4.69) is 0 Å². The predicted octanol–water partition coefficient (Wildman–Crippen LogP) is 1.27. The lowest BCUT2D eigenvalue weighted by atomic mass is 9.67. The van der Waals surface area contributed by atoms with Gasteiger partial charge in [-0.2, -0.15) is 26.9 Å². The van der Waals surface area contributed by atoms with Crippen LogP contribution in [0, 0.1) is 23.2 Å². The van der Waals surface area contributed by atoms with Gasteiger partial charge >= 0.3 is 6.18 Å². The third-order valence-electron chi connectivity index (χ3n) is 6.42. The van der Waals surface area contributed by atoms with Crippen LogP contribution in [0.25, 0.3) is 0 Å². The number of benzene rings is 1. The summed E-state index contributed by atoms with van der Waals surface area (Å²) in [7, 11) is -4.11. The van der Waals surface area contributed by atoms with E-state index in [1.807, 2.05) is 0 Å². The molecular weight excluding hydrogens is 455 g/mol. The largest absolute Gasteiger partial charge is 0.417 e. The van der Waals surface area contributed by atoms with E-state index in [4.69, 9.17) is 19.9 Å². The molecule has 13 heteroatoms. The molecule has 9 nitrogen and oxygen atoms in total. The lowest BCUT2D eigenvalue weighted by Gasteiger charge is -2.34. The van der Waals surface area contributed by atoms with Crippen molar-refractivity contribution >= 4 is 27.6 Å². The number of nitrogens with zero attached hydrogens (tertiary/aromatic N) is 2. The Morgan fingerprint density at radius 2 is 1.91 bits per heavy atom. The highest BCUT2D eigenvalue weighted by Crippen LogP contribution is 2.62. The van der Waals surface area contributed by atoms with E-state index in [1.165, 1.54) is 19.9 Å². The number of rotatable bonds is 4. The van der Waals surface area contributed by atoms with Gasteiger partial charge in [0, 0.05) is 6.42 Å². The molecule has 4 rings (SSSR count). The van der Waals surface area contributed by atoms with Crippen molar-refractivity contribution in [2.45, 2.75) is 43.8 Å². The van der Waals surface area contributed by atoms with Crippen LogP contribution in [0.5, 0.6) is 0 Å². The number of amides is 2. The molecule has 3 aliphatic rings. The van der Waals surface area contributed by atoms with Gasteiger partial charge in [-0.3, -0.25) is 13.8 Å². The first-order valence-corrected chi connectivity index (χ1v) is 11.1. The van der Waals surface area contributed by atoms with Crippen LogP contribution in [0.15, 0.2) is 18.2 Å². The van der Waals surface area contributed by atoms with Crippen molar-refractivity contribution in [3.05, 3.63) is 29.3 Å². The average Bonchev–Trinajstić information content (AvgIpc) is 3.21. The number of alkyl halides is 3. The van der Waals surface area contributed by atoms with E-state index in [0.717, 1.165) is 12.1 Å².